The van der Waals surface area contributed by atoms with Crippen molar-refractivity contribution in [2.24, 2.45) is 5.92 Å². The Kier molecular flexibility index (Phi) is 5.63. The summed E-state index contributed by atoms with van der Waals surface area (Å²) in [6.07, 6.45) is 0. The summed E-state index contributed by atoms with van der Waals surface area (Å²) in [5.74, 6) is 0.633. The number of hydrogen-bond acceptors (Lipinski definition) is 4. The fourth-order valence-corrected chi connectivity index (χ4v) is 3.31. The average molecular weight is 268 g/mol. The molecule has 1 aliphatic rings. The molecule has 3 nitrogen and oxygen atoms in total. The summed E-state index contributed by atoms with van der Waals surface area (Å²) in [7, 11) is 0. The molecule has 1 atom stereocenters. The van der Waals surface area contributed by atoms with Crippen LogP contribution in [0.5, 0.6) is 0 Å². The maximum Gasteiger partial charge on any atom is 0.0594 e. The van der Waals surface area contributed by atoms with Crippen molar-refractivity contribution in [3.8, 4) is 0 Å². The Balaban J connectivity index is 1.76. The van der Waals surface area contributed by atoms with Crippen LogP contribution in [0, 0.1) is 5.92 Å². The van der Waals surface area contributed by atoms with E-state index in [1.54, 1.807) is 0 Å². The Labute approximate surface area is 114 Å². The number of morpholine rings is 1. The van der Waals surface area contributed by atoms with Crippen molar-refractivity contribution >= 4 is 11.3 Å². The number of ether oxygens (including phenoxy) is 1. The lowest BCUT2D eigenvalue weighted by molar-refractivity contribution is 0.0379. The lowest BCUT2D eigenvalue weighted by atomic mass is 10.0. The van der Waals surface area contributed by atoms with Gasteiger partial charge in [0.1, 0.15) is 0 Å². The van der Waals surface area contributed by atoms with Crippen LogP contribution < -0.4 is 5.32 Å². The number of nitrogens with one attached hydrogen (secondary N) is 1. The van der Waals surface area contributed by atoms with Crippen LogP contribution in [0.3, 0.4) is 0 Å². The summed E-state index contributed by atoms with van der Waals surface area (Å²) in [6.45, 7) is 10.7. The second-order valence-corrected chi connectivity index (χ2v) is 6.12. The molecule has 1 aromatic heterocycles. The third-order valence-electron chi connectivity index (χ3n) is 3.41. The van der Waals surface area contributed by atoms with Gasteiger partial charge < -0.3 is 10.1 Å². The second kappa shape index (κ2) is 7.24. The summed E-state index contributed by atoms with van der Waals surface area (Å²) >= 11 is 1.85. The molecule has 1 aliphatic heterocycles. The molecule has 18 heavy (non-hydrogen) atoms. The monoisotopic (exact) mass is 268 g/mol. The number of thiophene rings is 1. The molecule has 0 spiro atoms. The van der Waals surface area contributed by atoms with E-state index >= 15 is 0 Å². The fraction of sp³-hybridized carbons (Fsp3) is 0.714. The van der Waals surface area contributed by atoms with Crippen molar-refractivity contribution in [1.82, 2.24) is 10.2 Å². The lowest BCUT2D eigenvalue weighted by Crippen LogP contribution is -2.41. The highest BCUT2D eigenvalue weighted by Gasteiger charge is 2.16. The molecule has 2 rings (SSSR count). The molecule has 0 aliphatic carbocycles. The zero-order valence-electron chi connectivity index (χ0n) is 11.4. The number of hydrogen-bond donors (Lipinski definition) is 1. The van der Waals surface area contributed by atoms with Crippen molar-refractivity contribution in [3.05, 3.63) is 22.4 Å². The zero-order valence-corrected chi connectivity index (χ0v) is 12.2. The van der Waals surface area contributed by atoms with Gasteiger partial charge in [0, 0.05) is 37.1 Å². The SMILES string of the molecule is CC(C)C(NCCN1CCOCC1)c1cccs1. The van der Waals surface area contributed by atoms with E-state index in [9.17, 15) is 0 Å². The minimum absolute atomic E-state index is 0.492. The normalized spacial score (nSPS) is 19.3. The van der Waals surface area contributed by atoms with Crippen LogP contribution in [0.2, 0.25) is 0 Å². The van der Waals surface area contributed by atoms with Gasteiger partial charge in [-0.25, -0.2) is 0 Å². The zero-order chi connectivity index (χ0) is 12.8. The third-order valence-corrected chi connectivity index (χ3v) is 4.37. The maximum atomic E-state index is 5.36. The first kappa shape index (κ1) is 14.0. The smallest absolute Gasteiger partial charge is 0.0594 e. The lowest BCUT2D eigenvalue weighted by Gasteiger charge is -2.28. The Hall–Kier alpha value is -0.420. The molecular formula is C14H24N2OS. The summed E-state index contributed by atoms with van der Waals surface area (Å²) in [6, 6.07) is 4.86. The molecular weight excluding hydrogens is 244 g/mol. The van der Waals surface area contributed by atoms with Crippen LogP contribution in [-0.2, 0) is 4.74 Å². The predicted octanol–water partition coefficient (Wildman–Crippen LogP) is 2.37. The van der Waals surface area contributed by atoms with Crippen molar-refractivity contribution in [1.29, 1.82) is 0 Å². The molecule has 1 fully saturated rings. The Bertz CT molecular complexity index is 321. The topological polar surface area (TPSA) is 24.5 Å². The van der Waals surface area contributed by atoms with Gasteiger partial charge in [-0.2, -0.15) is 0 Å². The van der Waals surface area contributed by atoms with Crippen LogP contribution in [0.15, 0.2) is 17.5 Å². The van der Waals surface area contributed by atoms with E-state index in [4.69, 9.17) is 4.74 Å². The molecule has 2 heterocycles. The van der Waals surface area contributed by atoms with E-state index in [0.717, 1.165) is 39.4 Å². The summed E-state index contributed by atoms with van der Waals surface area (Å²) in [4.78, 5) is 3.93. The van der Waals surface area contributed by atoms with Crippen LogP contribution in [0.25, 0.3) is 0 Å². The minimum atomic E-state index is 0.492. The van der Waals surface area contributed by atoms with Crippen LogP contribution in [-0.4, -0.2) is 44.3 Å². The van der Waals surface area contributed by atoms with E-state index in [1.165, 1.54) is 4.88 Å². The first-order chi connectivity index (χ1) is 8.77. The second-order valence-electron chi connectivity index (χ2n) is 5.15. The molecule has 0 aromatic carbocycles. The van der Waals surface area contributed by atoms with E-state index in [2.05, 4.69) is 41.6 Å². The molecule has 0 saturated carbocycles. The molecule has 4 heteroatoms. The average Bonchev–Trinajstić information content (AvgIpc) is 2.89. The van der Waals surface area contributed by atoms with E-state index in [1.807, 2.05) is 11.3 Å². The predicted molar refractivity (Wildman–Crippen MR) is 77.2 cm³/mol. The number of nitrogens with zero attached hydrogens (tertiary/aromatic N) is 1. The first-order valence-electron chi connectivity index (χ1n) is 6.84. The van der Waals surface area contributed by atoms with Gasteiger partial charge in [0.25, 0.3) is 0 Å². The molecule has 1 aromatic rings. The molecule has 1 unspecified atom stereocenters. The quantitative estimate of drug-likeness (QED) is 0.857. The molecule has 1 N–H and O–H groups in total. The third kappa shape index (κ3) is 4.05. The van der Waals surface area contributed by atoms with Gasteiger partial charge in [-0.1, -0.05) is 19.9 Å². The molecule has 0 bridgehead atoms. The maximum absolute atomic E-state index is 5.36. The standard InChI is InChI=1S/C14H24N2OS/c1-12(2)14(13-4-3-11-18-13)15-5-6-16-7-9-17-10-8-16/h3-4,11-12,14-15H,5-10H2,1-2H3. The molecule has 0 amide bonds. The van der Waals surface area contributed by atoms with Gasteiger partial charge in [0.15, 0.2) is 0 Å². The van der Waals surface area contributed by atoms with Crippen LogP contribution in [0.4, 0.5) is 0 Å². The molecule has 1 saturated heterocycles. The highest BCUT2D eigenvalue weighted by Crippen LogP contribution is 2.25. The fourth-order valence-electron chi connectivity index (χ4n) is 2.34. The van der Waals surface area contributed by atoms with Crippen LogP contribution in [0.1, 0.15) is 24.8 Å². The summed E-state index contributed by atoms with van der Waals surface area (Å²) in [5.41, 5.74) is 0. The van der Waals surface area contributed by atoms with Crippen molar-refractivity contribution in [3.63, 3.8) is 0 Å². The van der Waals surface area contributed by atoms with Gasteiger partial charge in [0.2, 0.25) is 0 Å². The van der Waals surface area contributed by atoms with Gasteiger partial charge >= 0.3 is 0 Å². The highest BCUT2D eigenvalue weighted by atomic mass is 32.1. The van der Waals surface area contributed by atoms with E-state index < -0.39 is 0 Å². The molecule has 0 radical (unpaired) electrons. The van der Waals surface area contributed by atoms with Crippen LogP contribution >= 0.6 is 11.3 Å². The Morgan fingerprint density at radius 1 is 1.39 bits per heavy atom. The Morgan fingerprint density at radius 2 is 2.17 bits per heavy atom. The first-order valence-corrected chi connectivity index (χ1v) is 7.72. The van der Waals surface area contributed by atoms with Crippen molar-refractivity contribution in [2.45, 2.75) is 19.9 Å². The summed E-state index contributed by atoms with van der Waals surface area (Å²) in [5, 5.41) is 5.86. The van der Waals surface area contributed by atoms with E-state index in [-0.39, 0.29) is 0 Å². The summed E-state index contributed by atoms with van der Waals surface area (Å²) < 4.78 is 5.36. The van der Waals surface area contributed by atoms with Gasteiger partial charge in [-0.15, -0.1) is 11.3 Å². The van der Waals surface area contributed by atoms with E-state index in [0.29, 0.717) is 12.0 Å². The van der Waals surface area contributed by atoms with Crippen molar-refractivity contribution < 1.29 is 4.74 Å². The van der Waals surface area contributed by atoms with Crippen molar-refractivity contribution in [2.75, 3.05) is 39.4 Å². The van der Waals surface area contributed by atoms with Gasteiger partial charge in [-0.05, 0) is 17.4 Å². The largest absolute Gasteiger partial charge is 0.379 e. The Morgan fingerprint density at radius 3 is 2.78 bits per heavy atom. The minimum Gasteiger partial charge on any atom is -0.379 e. The number of rotatable bonds is 6. The molecule has 102 valence electrons. The van der Waals surface area contributed by atoms with Gasteiger partial charge in [-0.3, -0.25) is 4.90 Å². The highest BCUT2D eigenvalue weighted by molar-refractivity contribution is 7.10. The van der Waals surface area contributed by atoms with Gasteiger partial charge in [0.05, 0.1) is 13.2 Å².